The van der Waals surface area contributed by atoms with E-state index in [0.717, 1.165) is 34.6 Å². The minimum absolute atomic E-state index is 0.112. The molecule has 182 valence electrons. The number of aromatic nitrogens is 3. The number of hydrogen-bond acceptors (Lipinski definition) is 6. The lowest BCUT2D eigenvalue weighted by Gasteiger charge is -2.38. The summed E-state index contributed by atoms with van der Waals surface area (Å²) in [5, 5.41) is 10.0. The number of thioether (sulfide) groups is 1. The Kier molecular flexibility index (Phi) is 6.59. The molecule has 2 aliphatic rings. The van der Waals surface area contributed by atoms with Gasteiger partial charge in [-0.15, -0.1) is 5.10 Å². The Balaban J connectivity index is 1.51. The molecule has 1 aliphatic carbocycles. The van der Waals surface area contributed by atoms with Gasteiger partial charge >= 0.3 is 0 Å². The van der Waals surface area contributed by atoms with Crippen molar-refractivity contribution in [3.8, 4) is 5.75 Å². The highest BCUT2D eigenvalue weighted by atomic mass is 35.5. The zero-order chi connectivity index (χ0) is 24.7. The molecule has 3 aromatic rings. The number of rotatable bonds is 6. The molecule has 35 heavy (non-hydrogen) atoms. The van der Waals surface area contributed by atoms with Crippen LogP contribution >= 0.6 is 35.0 Å². The van der Waals surface area contributed by atoms with Crippen LogP contribution in [0.1, 0.15) is 50.8 Å². The largest absolute Gasteiger partial charge is 0.489 e. The maximum atomic E-state index is 13.4. The summed E-state index contributed by atoms with van der Waals surface area (Å²) in [6.07, 6.45) is 1.27. The van der Waals surface area contributed by atoms with E-state index in [1.165, 1.54) is 0 Å². The van der Waals surface area contributed by atoms with E-state index in [9.17, 15) is 4.79 Å². The number of nitrogens with one attached hydrogen (secondary N) is 1. The Labute approximate surface area is 219 Å². The number of fused-ring (bicyclic) bond motifs is 1. The van der Waals surface area contributed by atoms with Crippen LogP contribution < -0.4 is 10.1 Å². The monoisotopic (exact) mass is 528 g/mol. The van der Waals surface area contributed by atoms with E-state index in [1.807, 2.05) is 35.0 Å². The standard InChI is InChI=1S/C26H26Cl2N4O2S/c1-4-35-25-30-24-29-20-12-26(2,3)13-21(33)22(20)23(32(24)31-25)15-6-5-7-18(10-15)34-14-16-8-9-17(27)11-19(16)28/h5-11,23H,4,12-14H2,1-3H3,(H,29,30,31). The summed E-state index contributed by atoms with van der Waals surface area (Å²) in [6.45, 7) is 6.62. The van der Waals surface area contributed by atoms with Crippen molar-refractivity contribution in [1.82, 2.24) is 14.8 Å². The van der Waals surface area contributed by atoms with Crippen molar-refractivity contribution in [2.75, 3.05) is 11.1 Å². The van der Waals surface area contributed by atoms with Gasteiger partial charge in [-0.1, -0.05) is 73.9 Å². The highest BCUT2D eigenvalue weighted by Crippen LogP contribution is 2.46. The Hall–Kier alpha value is -2.48. The van der Waals surface area contributed by atoms with Gasteiger partial charge in [0.15, 0.2) is 5.78 Å². The van der Waals surface area contributed by atoms with Crippen LogP contribution in [0, 0.1) is 5.41 Å². The predicted octanol–water partition coefficient (Wildman–Crippen LogP) is 6.93. The molecule has 0 saturated heterocycles. The number of carbonyl (C=O) groups is 1. The number of Topliss-reactive ketones (excluding diaryl/α,β-unsaturated/α-hetero) is 1. The van der Waals surface area contributed by atoms with E-state index in [2.05, 4.69) is 26.1 Å². The van der Waals surface area contributed by atoms with Gasteiger partial charge in [-0.3, -0.25) is 4.79 Å². The van der Waals surface area contributed by atoms with Gasteiger partial charge in [0.25, 0.3) is 0 Å². The number of hydrogen-bond donors (Lipinski definition) is 1. The average Bonchev–Trinajstić information content (AvgIpc) is 3.18. The minimum Gasteiger partial charge on any atom is -0.489 e. The molecule has 0 radical (unpaired) electrons. The first-order valence-electron chi connectivity index (χ1n) is 11.5. The Morgan fingerprint density at radius 1 is 1.20 bits per heavy atom. The van der Waals surface area contributed by atoms with Crippen LogP contribution in [-0.4, -0.2) is 26.3 Å². The Morgan fingerprint density at radius 3 is 2.80 bits per heavy atom. The molecule has 1 aliphatic heterocycles. The molecule has 0 fully saturated rings. The molecule has 2 aromatic carbocycles. The fraction of sp³-hybridized carbons (Fsp3) is 0.346. The van der Waals surface area contributed by atoms with Gasteiger partial charge in [0.2, 0.25) is 11.1 Å². The number of nitrogens with zero attached hydrogens (tertiary/aromatic N) is 3. The van der Waals surface area contributed by atoms with Gasteiger partial charge in [0, 0.05) is 33.3 Å². The van der Waals surface area contributed by atoms with Crippen LogP contribution in [-0.2, 0) is 11.4 Å². The third kappa shape index (κ3) is 4.95. The van der Waals surface area contributed by atoms with Gasteiger partial charge in [-0.05, 0) is 47.4 Å². The summed E-state index contributed by atoms with van der Waals surface area (Å²) in [5.41, 5.74) is 3.35. The number of allylic oxidation sites excluding steroid dienone is 2. The first-order valence-corrected chi connectivity index (χ1v) is 13.3. The van der Waals surface area contributed by atoms with Crippen LogP contribution in [0.2, 0.25) is 10.0 Å². The minimum atomic E-state index is -0.369. The van der Waals surface area contributed by atoms with Crippen LogP contribution in [0.15, 0.2) is 58.9 Å². The van der Waals surface area contributed by atoms with E-state index in [0.29, 0.717) is 39.9 Å². The molecule has 1 aromatic heterocycles. The molecule has 5 rings (SSSR count). The van der Waals surface area contributed by atoms with Crippen LogP contribution in [0.4, 0.5) is 5.95 Å². The summed E-state index contributed by atoms with van der Waals surface area (Å²) < 4.78 is 7.91. The molecule has 1 N–H and O–H groups in total. The lowest BCUT2D eigenvalue weighted by molar-refractivity contribution is -0.118. The predicted molar refractivity (Wildman–Crippen MR) is 140 cm³/mol. The number of anilines is 1. The van der Waals surface area contributed by atoms with Crippen molar-refractivity contribution >= 4 is 46.7 Å². The van der Waals surface area contributed by atoms with Crippen molar-refractivity contribution in [1.29, 1.82) is 0 Å². The molecular weight excluding hydrogens is 503 g/mol. The molecule has 9 heteroatoms. The SMILES string of the molecule is CCSc1nc2n(n1)C(c1cccc(OCc3ccc(Cl)cc3Cl)c1)C1=C(CC(C)(C)CC1=O)N2. The summed E-state index contributed by atoms with van der Waals surface area (Å²) in [5.74, 6) is 2.35. The normalized spacial score (nSPS) is 18.7. The van der Waals surface area contributed by atoms with Gasteiger partial charge < -0.3 is 10.1 Å². The van der Waals surface area contributed by atoms with Crippen LogP contribution in [0.5, 0.6) is 5.75 Å². The van der Waals surface area contributed by atoms with Crippen molar-refractivity contribution in [2.24, 2.45) is 5.41 Å². The molecule has 1 atom stereocenters. The van der Waals surface area contributed by atoms with E-state index in [1.54, 1.807) is 23.9 Å². The Bertz CT molecular complexity index is 1330. The van der Waals surface area contributed by atoms with E-state index >= 15 is 0 Å². The number of halogens is 2. The number of carbonyl (C=O) groups excluding carboxylic acids is 1. The number of benzene rings is 2. The molecule has 0 spiro atoms. The molecule has 1 unspecified atom stereocenters. The highest BCUT2D eigenvalue weighted by molar-refractivity contribution is 7.99. The molecule has 6 nitrogen and oxygen atoms in total. The first kappa shape index (κ1) is 24.2. The third-order valence-corrected chi connectivity index (χ3v) is 7.48. The lowest BCUT2D eigenvalue weighted by atomic mass is 9.73. The van der Waals surface area contributed by atoms with Gasteiger partial charge in [0.1, 0.15) is 18.4 Å². The molecule has 0 bridgehead atoms. The number of ether oxygens (including phenoxy) is 1. The fourth-order valence-corrected chi connectivity index (χ4v) is 5.68. The fourth-order valence-electron chi connectivity index (χ4n) is 4.66. The maximum absolute atomic E-state index is 13.4. The van der Waals surface area contributed by atoms with Crippen molar-refractivity contribution < 1.29 is 9.53 Å². The second-order valence-corrected chi connectivity index (χ2v) is 11.6. The summed E-state index contributed by atoms with van der Waals surface area (Å²) in [4.78, 5) is 18.1. The smallest absolute Gasteiger partial charge is 0.227 e. The van der Waals surface area contributed by atoms with Crippen molar-refractivity contribution in [3.63, 3.8) is 0 Å². The summed E-state index contributed by atoms with van der Waals surface area (Å²) in [7, 11) is 0. The highest BCUT2D eigenvalue weighted by Gasteiger charge is 2.42. The van der Waals surface area contributed by atoms with Crippen molar-refractivity contribution in [3.05, 3.63) is 74.9 Å². The summed E-state index contributed by atoms with van der Waals surface area (Å²) >= 11 is 13.9. The van der Waals surface area contributed by atoms with Gasteiger partial charge in [0.05, 0.1) is 0 Å². The van der Waals surface area contributed by atoms with E-state index in [-0.39, 0.29) is 17.2 Å². The quantitative estimate of drug-likeness (QED) is 0.349. The van der Waals surface area contributed by atoms with E-state index in [4.69, 9.17) is 38.0 Å². The number of ketones is 1. The van der Waals surface area contributed by atoms with Gasteiger partial charge in [-0.2, -0.15) is 4.98 Å². The molecule has 0 saturated carbocycles. The third-order valence-electron chi connectivity index (χ3n) is 6.17. The first-order chi connectivity index (χ1) is 16.7. The van der Waals surface area contributed by atoms with Crippen LogP contribution in [0.25, 0.3) is 0 Å². The second kappa shape index (κ2) is 9.52. The summed E-state index contributed by atoms with van der Waals surface area (Å²) in [6, 6.07) is 12.8. The van der Waals surface area contributed by atoms with Crippen molar-refractivity contribution in [2.45, 2.75) is 51.4 Å². The molecule has 2 heterocycles. The second-order valence-electron chi connectivity index (χ2n) is 9.55. The zero-order valence-corrected chi connectivity index (χ0v) is 22.1. The molecule has 0 amide bonds. The van der Waals surface area contributed by atoms with Crippen LogP contribution in [0.3, 0.4) is 0 Å². The van der Waals surface area contributed by atoms with Gasteiger partial charge in [-0.25, -0.2) is 4.68 Å². The topological polar surface area (TPSA) is 69.0 Å². The zero-order valence-electron chi connectivity index (χ0n) is 19.8. The molecular formula is C26H26Cl2N4O2S. The van der Waals surface area contributed by atoms with E-state index < -0.39 is 0 Å². The average molecular weight is 529 g/mol. The Morgan fingerprint density at radius 2 is 2.03 bits per heavy atom. The maximum Gasteiger partial charge on any atom is 0.227 e. The lowest BCUT2D eigenvalue weighted by Crippen LogP contribution is -2.36.